The number of hydrogen-bond acceptors (Lipinski definition) is 4. The topological polar surface area (TPSA) is 76.7 Å². The predicted octanol–water partition coefficient (Wildman–Crippen LogP) is 4.39. The molecule has 6 heteroatoms. The van der Waals surface area contributed by atoms with Crippen LogP contribution in [0, 0.1) is 0 Å². The zero-order valence-electron chi connectivity index (χ0n) is 17.4. The van der Waals surface area contributed by atoms with Crippen molar-refractivity contribution in [1.82, 2.24) is 5.32 Å². The maximum absolute atomic E-state index is 13.1. The molecule has 0 aromatic heterocycles. The molecule has 0 atom stereocenters. The molecule has 156 valence electrons. The van der Waals surface area contributed by atoms with E-state index in [9.17, 15) is 9.59 Å². The highest BCUT2D eigenvalue weighted by atomic mass is 16.5. The van der Waals surface area contributed by atoms with E-state index >= 15 is 0 Å². The van der Waals surface area contributed by atoms with E-state index in [0.29, 0.717) is 29.4 Å². The average molecular weight is 406 g/mol. The molecule has 3 aromatic carbocycles. The van der Waals surface area contributed by atoms with Crippen molar-refractivity contribution in [3.8, 4) is 11.5 Å². The summed E-state index contributed by atoms with van der Waals surface area (Å²) in [6, 6.07) is 18.5. The number of nitrogens with one attached hydrogen (secondary N) is 2. The Morgan fingerprint density at radius 3 is 2.27 bits per heavy atom. The summed E-state index contributed by atoms with van der Waals surface area (Å²) in [5, 5.41) is 7.49. The van der Waals surface area contributed by atoms with E-state index in [1.54, 1.807) is 24.3 Å². The van der Waals surface area contributed by atoms with Gasteiger partial charge in [-0.15, -0.1) is 0 Å². The summed E-state index contributed by atoms with van der Waals surface area (Å²) in [4.78, 5) is 25.1. The maximum atomic E-state index is 13.1. The Labute approximate surface area is 176 Å². The molecule has 0 saturated carbocycles. The molecule has 2 amide bonds. The normalized spacial score (nSPS) is 10.7. The zero-order chi connectivity index (χ0) is 21.5. The third kappa shape index (κ3) is 5.29. The van der Waals surface area contributed by atoms with Crippen molar-refractivity contribution in [3.05, 3.63) is 66.2 Å². The minimum absolute atomic E-state index is 0.00976. The fourth-order valence-corrected chi connectivity index (χ4v) is 3.06. The largest absolute Gasteiger partial charge is 0.492 e. The Morgan fingerprint density at radius 1 is 0.900 bits per heavy atom. The molecule has 0 aliphatic heterocycles. The van der Waals surface area contributed by atoms with Crippen LogP contribution in [0.5, 0.6) is 11.5 Å². The molecule has 30 heavy (non-hydrogen) atoms. The lowest BCUT2D eigenvalue weighted by atomic mass is 10.1. The smallest absolute Gasteiger partial charge is 0.259 e. The molecule has 3 rings (SSSR count). The van der Waals surface area contributed by atoms with Crippen LogP contribution in [0.2, 0.25) is 0 Å². The molecule has 0 aliphatic carbocycles. The molecule has 0 radical (unpaired) electrons. The highest BCUT2D eigenvalue weighted by Gasteiger charge is 2.17. The lowest BCUT2D eigenvalue weighted by Crippen LogP contribution is -2.34. The van der Waals surface area contributed by atoms with Crippen LogP contribution < -0.4 is 20.1 Å². The molecular formula is C24H26N2O4. The molecule has 0 aliphatic rings. The summed E-state index contributed by atoms with van der Waals surface area (Å²) in [7, 11) is 0. The van der Waals surface area contributed by atoms with Crippen molar-refractivity contribution >= 4 is 28.3 Å². The van der Waals surface area contributed by atoms with Gasteiger partial charge in [0.05, 0.1) is 17.9 Å². The lowest BCUT2D eigenvalue weighted by molar-refractivity contribution is -0.123. The van der Waals surface area contributed by atoms with Gasteiger partial charge in [-0.1, -0.05) is 36.4 Å². The number of amides is 2. The maximum Gasteiger partial charge on any atom is 0.259 e. The molecule has 0 bridgehead atoms. The van der Waals surface area contributed by atoms with E-state index in [-0.39, 0.29) is 24.5 Å². The lowest BCUT2D eigenvalue weighted by Gasteiger charge is -2.15. The van der Waals surface area contributed by atoms with E-state index in [2.05, 4.69) is 10.6 Å². The molecule has 0 unspecified atom stereocenters. The number of hydrogen-bond donors (Lipinski definition) is 2. The summed E-state index contributed by atoms with van der Waals surface area (Å²) in [5.74, 6) is 0.352. The number of anilines is 1. The minimum Gasteiger partial charge on any atom is -0.492 e. The number of ether oxygens (including phenoxy) is 2. The molecule has 0 fully saturated rings. The monoisotopic (exact) mass is 406 g/mol. The average Bonchev–Trinajstić information content (AvgIpc) is 2.72. The standard InChI is InChI=1S/C24H26N2O4/c1-4-29-21-12-8-7-11-20(21)26-24(28)19-13-17-9-5-6-10-18(17)14-22(19)30-15-23(27)25-16(2)3/h5-14,16H,4,15H2,1-3H3,(H,25,27)(H,26,28). The number of benzene rings is 3. The van der Waals surface area contributed by atoms with Gasteiger partial charge in [0.25, 0.3) is 11.8 Å². The minimum atomic E-state index is -0.341. The number of para-hydroxylation sites is 2. The van der Waals surface area contributed by atoms with Crippen molar-refractivity contribution in [2.24, 2.45) is 0 Å². The number of fused-ring (bicyclic) bond motifs is 1. The second-order valence-electron chi connectivity index (χ2n) is 7.09. The number of carbonyl (C=O) groups excluding carboxylic acids is 2. The predicted molar refractivity (Wildman–Crippen MR) is 118 cm³/mol. The van der Waals surface area contributed by atoms with Crippen molar-refractivity contribution in [2.45, 2.75) is 26.8 Å². The summed E-state index contributed by atoms with van der Waals surface area (Å²) < 4.78 is 11.3. The fourth-order valence-electron chi connectivity index (χ4n) is 3.06. The van der Waals surface area contributed by atoms with Crippen LogP contribution in [0.1, 0.15) is 31.1 Å². The van der Waals surface area contributed by atoms with E-state index in [1.807, 2.05) is 57.2 Å². The van der Waals surface area contributed by atoms with E-state index < -0.39 is 0 Å². The Hall–Kier alpha value is -3.54. The van der Waals surface area contributed by atoms with Crippen LogP contribution in [-0.2, 0) is 4.79 Å². The second kappa shape index (κ2) is 9.78. The Morgan fingerprint density at radius 2 is 1.57 bits per heavy atom. The third-order valence-electron chi connectivity index (χ3n) is 4.34. The van der Waals surface area contributed by atoms with Gasteiger partial charge in [0.1, 0.15) is 11.5 Å². The first kappa shape index (κ1) is 21.2. The van der Waals surface area contributed by atoms with Crippen LogP contribution in [0.25, 0.3) is 10.8 Å². The SMILES string of the molecule is CCOc1ccccc1NC(=O)c1cc2ccccc2cc1OCC(=O)NC(C)C. The number of rotatable bonds is 8. The molecule has 0 saturated heterocycles. The van der Waals surface area contributed by atoms with Crippen molar-refractivity contribution < 1.29 is 19.1 Å². The summed E-state index contributed by atoms with van der Waals surface area (Å²) in [5.41, 5.74) is 0.915. The Balaban J connectivity index is 1.90. The zero-order valence-corrected chi connectivity index (χ0v) is 17.4. The summed E-state index contributed by atoms with van der Waals surface area (Å²) >= 11 is 0. The van der Waals surface area contributed by atoms with Crippen LogP contribution in [0.15, 0.2) is 60.7 Å². The van der Waals surface area contributed by atoms with Crippen LogP contribution >= 0.6 is 0 Å². The van der Waals surface area contributed by atoms with E-state index in [4.69, 9.17) is 9.47 Å². The second-order valence-corrected chi connectivity index (χ2v) is 7.09. The molecular weight excluding hydrogens is 380 g/mol. The first-order valence-corrected chi connectivity index (χ1v) is 9.96. The van der Waals surface area contributed by atoms with Gasteiger partial charge >= 0.3 is 0 Å². The van der Waals surface area contributed by atoms with Gasteiger partial charge in [0.2, 0.25) is 0 Å². The Kier molecular flexibility index (Phi) is 6.91. The summed E-state index contributed by atoms with van der Waals surface area (Å²) in [6.07, 6.45) is 0. The molecule has 0 spiro atoms. The molecule has 3 aromatic rings. The fraction of sp³-hybridized carbons (Fsp3) is 0.250. The quantitative estimate of drug-likeness (QED) is 0.582. The van der Waals surface area contributed by atoms with Gasteiger partial charge in [-0.2, -0.15) is 0 Å². The highest BCUT2D eigenvalue weighted by Crippen LogP contribution is 2.29. The van der Waals surface area contributed by atoms with Crippen LogP contribution in [0.3, 0.4) is 0 Å². The van der Waals surface area contributed by atoms with Gasteiger partial charge in [0.15, 0.2) is 6.61 Å². The number of carbonyl (C=O) groups is 2. The summed E-state index contributed by atoms with van der Waals surface area (Å²) in [6.45, 7) is 5.95. The van der Waals surface area contributed by atoms with Crippen molar-refractivity contribution in [3.63, 3.8) is 0 Å². The van der Waals surface area contributed by atoms with Crippen LogP contribution in [0.4, 0.5) is 5.69 Å². The highest BCUT2D eigenvalue weighted by molar-refractivity contribution is 6.09. The van der Waals surface area contributed by atoms with Gasteiger partial charge in [0, 0.05) is 6.04 Å². The van der Waals surface area contributed by atoms with Crippen LogP contribution in [-0.4, -0.2) is 31.1 Å². The first-order valence-electron chi connectivity index (χ1n) is 9.96. The van der Waals surface area contributed by atoms with Gasteiger partial charge in [-0.25, -0.2) is 0 Å². The molecule has 6 nitrogen and oxygen atoms in total. The first-order chi connectivity index (χ1) is 14.5. The van der Waals surface area contributed by atoms with E-state index in [0.717, 1.165) is 10.8 Å². The van der Waals surface area contributed by atoms with Crippen molar-refractivity contribution in [2.75, 3.05) is 18.5 Å². The van der Waals surface area contributed by atoms with Crippen molar-refractivity contribution in [1.29, 1.82) is 0 Å². The molecule has 2 N–H and O–H groups in total. The van der Waals surface area contributed by atoms with Gasteiger partial charge < -0.3 is 20.1 Å². The molecule has 0 heterocycles. The Bertz CT molecular complexity index is 1050. The van der Waals surface area contributed by atoms with Gasteiger partial charge in [-0.3, -0.25) is 9.59 Å². The van der Waals surface area contributed by atoms with Gasteiger partial charge in [-0.05, 0) is 55.8 Å². The third-order valence-corrected chi connectivity index (χ3v) is 4.34. The van der Waals surface area contributed by atoms with E-state index in [1.165, 1.54) is 0 Å².